The molecule has 18 heavy (non-hydrogen) atoms. The van der Waals surface area contributed by atoms with Crippen molar-refractivity contribution in [2.75, 3.05) is 13.2 Å². The van der Waals surface area contributed by atoms with Gasteiger partial charge in [0, 0.05) is 0 Å². The summed E-state index contributed by atoms with van der Waals surface area (Å²) in [6.45, 7) is 2.40. The van der Waals surface area contributed by atoms with Gasteiger partial charge >= 0.3 is 0 Å². The Morgan fingerprint density at radius 2 is 2.11 bits per heavy atom. The van der Waals surface area contributed by atoms with E-state index < -0.39 is 0 Å². The molecule has 0 atom stereocenters. The minimum atomic E-state index is -0.206. The second kappa shape index (κ2) is 8.19. The number of carbonyl (C=O) groups excluding carboxylic acids is 1. The monoisotopic (exact) mass is 245 g/mol. The molecule has 0 heterocycles. The molecule has 0 bridgehead atoms. The zero-order valence-corrected chi connectivity index (χ0v) is 10.7. The molecule has 0 unspecified atom stereocenters. The second-order valence-electron chi connectivity index (χ2n) is 4.02. The average molecular weight is 245 g/mol. The molecule has 0 fully saturated rings. The van der Waals surface area contributed by atoms with Crippen LogP contribution in [0.2, 0.25) is 0 Å². The third kappa shape index (κ3) is 5.40. The van der Waals surface area contributed by atoms with E-state index in [0.29, 0.717) is 5.75 Å². The predicted molar refractivity (Wildman–Crippen MR) is 72.4 cm³/mol. The predicted octanol–water partition coefficient (Wildman–Crippen LogP) is 2.16. The van der Waals surface area contributed by atoms with Crippen molar-refractivity contribution in [1.29, 1.82) is 0 Å². The topological polar surface area (TPSA) is 38.3 Å². The fraction of sp³-hybridized carbons (Fsp3) is 0.400. The summed E-state index contributed by atoms with van der Waals surface area (Å²) >= 11 is 0. The van der Waals surface area contributed by atoms with Crippen molar-refractivity contribution in [2.45, 2.75) is 26.2 Å². The molecule has 3 heteroatoms. The summed E-state index contributed by atoms with van der Waals surface area (Å²) in [5.74, 6) is 2.83. The Labute approximate surface area is 109 Å². The number of nitrogens with one attached hydrogen (secondary N) is 1. The fourth-order valence-electron chi connectivity index (χ4n) is 1.48. The number of benzene rings is 1. The second-order valence-corrected chi connectivity index (χ2v) is 4.02. The summed E-state index contributed by atoms with van der Waals surface area (Å²) in [5, 5.41) is 2.54. The number of terminal acetylenes is 1. The molecule has 1 rings (SSSR count). The highest BCUT2D eigenvalue weighted by molar-refractivity contribution is 5.77. The Kier molecular flexibility index (Phi) is 6.42. The number of rotatable bonds is 7. The van der Waals surface area contributed by atoms with E-state index in [2.05, 4.69) is 18.2 Å². The maximum atomic E-state index is 11.3. The minimum Gasteiger partial charge on any atom is -0.484 e. The van der Waals surface area contributed by atoms with Crippen LogP contribution in [0.1, 0.15) is 25.3 Å². The van der Waals surface area contributed by atoms with Crippen molar-refractivity contribution >= 4 is 5.91 Å². The molecule has 3 nitrogen and oxygen atoms in total. The van der Waals surface area contributed by atoms with Crippen LogP contribution in [0.4, 0.5) is 0 Å². The zero-order valence-electron chi connectivity index (χ0n) is 10.7. The lowest BCUT2D eigenvalue weighted by atomic mass is 10.1. The summed E-state index contributed by atoms with van der Waals surface area (Å²) in [4.78, 5) is 11.3. The van der Waals surface area contributed by atoms with Crippen LogP contribution < -0.4 is 10.1 Å². The molecule has 0 spiro atoms. The maximum absolute atomic E-state index is 11.3. The van der Waals surface area contributed by atoms with Crippen molar-refractivity contribution < 1.29 is 9.53 Å². The maximum Gasteiger partial charge on any atom is 0.258 e. The van der Waals surface area contributed by atoms with Crippen LogP contribution in [0.5, 0.6) is 5.75 Å². The summed E-state index contributed by atoms with van der Waals surface area (Å²) < 4.78 is 5.34. The van der Waals surface area contributed by atoms with Gasteiger partial charge in [0.25, 0.3) is 5.91 Å². The fourth-order valence-corrected chi connectivity index (χ4v) is 1.48. The Morgan fingerprint density at radius 1 is 1.39 bits per heavy atom. The van der Waals surface area contributed by atoms with Gasteiger partial charge < -0.3 is 10.1 Å². The molecule has 0 saturated heterocycles. The van der Waals surface area contributed by atoms with Crippen LogP contribution in [0.3, 0.4) is 0 Å². The third-order valence-corrected chi connectivity index (χ3v) is 2.50. The van der Waals surface area contributed by atoms with Crippen LogP contribution in [0.15, 0.2) is 24.3 Å². The van der Waals surface area contributed by atoms with E-state index >= 15 is 0 Å². The van der Waals surface area contributed by atoms with E-state index in [1.54, 1.807) is 0 Å². The SMILES string of the molecule is C#CCNC(=O)COc1ccc(CCCC)cc1. The first kappa shape index (κ1) is 14.1. The Bertz CT molecular complexity index is 403. The summed E-state index contributed by atoms with van der Waals surface area (Å²) in [5.41, 5.74) is 1.29. The van der Waals surface area contributed by atoms with Gasteiger partial charge in [-0.15, -0.1) is 6.42 Å². The Morgan fingerprint density at radius 3 is 2.72 bits per heavy atom. The molecule has 1 amide bonds. The van der Waals surface area contributed by atoms with Crippen LogP contribution in [0.25, 0.3) is 0 Å². The highest BCUT2D eigenvalue weighted by Gasteiger charge is 2.01. The molecule has 0 radical (unpaired) electrons. The van der Waals surface area contributed by atoms with E-state index in [4.69, 9.17) is 11.2 Å². The van der Waals surface area contributed by atoms with E-state index in [1.807, 2.05) is 24.3 Å². The number of amides is 1. The summed E-state index contributed by atoms with van der Waals surface area (Å²) in [6, 6.07) is 7.84. The van der Waals surface area contributed by atoms with Gasteiger partial charge in [0.05, 0.1) is 6.54 Å². The van der Waals surface area contributed by atoms with Crippen LogP contribution in [-0.4, -0.2) is 19.1 Å². The molecule has 1 aromatic rings. The van der Waals surface area contributed by atoms with E-state index in [-0.39, 0.29) is 19.1 Å². The lowest BCUT2D eigenvalue weighted by Gasteiger charge is -2.06. The molecule has 0 aromatic heterocycles. The highest BCUT2D eigenvalue weighted by Crippen LogP contribution is 2.13. The number of ether oxygens (including phenoxy) is 1. The quantitative estimate of drug-likeness (QED) is 0.748. The molecule has 1 aromatic carbocycles. The first-order chi connectivity index (χ1) is 8.76. The molecule has 0 aliphatic rings. The van der Waals surface area contributed by atoms with Crippen molar-refractivity contribution in [1.82, 2.24) is 5.32 Å². The van der Waals surface area contributed by atoms with Crippen LogP contribution >= 0.6 is 0 Å². The number of aryl methyl sites for hydroxylation is 1. The van der Waals surface area contributed by atoms with Gasteiger partial charge in [-0.3, -0.25) is 4.79 Å². The number of unbranched alkanes of at least 4 members (excludes halogenated alkanes) is 1. The minimum absolute atomic E-state index is 0.00398. The lowest BCUT2D eigenvalue weighted by molar-refractivity contribution is -0.122. The van der Waals surface area contributed by atoms with E-state index in [0.717, 1.165) is 6.42 Å². The van der Waals surface area contributed by atoms with E-state index in [9.17, 15) is 4.79 Å². The highest BCUT2D eigenvalue weighted by atomic mass is 16.5. The van der Waals surface area contributed by atoms with Crippen molar-refractivity contribution in [3.05, 3.63) is 29.8 Å². The zero-order chi connectivity index (χ0) is 13.2. The Balaban J connectivity index is 2.35. The van der Waals surface area contributed by atoms with Crippen molar-refractivity contribution in [3.8, 4) is 18.1 Å². The first-order valence-electron chi connectivity index (χ1n) is 6.18. The average Bonchev–Trinajstić information content (AvgIpc) is 2.41. The summed E-state index contributed by atoms with van der Waals surface area (Å²) in [6.07, 6.45) is 8.50. The number of hydrogen-bond donors (Lipinski definition) is 1. The molecular weight excluding hydrogens is 226 g/mol. The van der Waals surface area contributed by atoms with Gasteiger partial charge in [0.2, 0.25) is 0 Å². The van der Waals surface area contributed by atoms with Gasteiger partial charge in [0.1, 0.15) is 5.75 Å². The lowest BCUT2D eigenvalue weighted by Crippen LogP contribution is -2.28. The Hall–Kier alpha value is -1.95. The number of hydrogen-bond acceptors (Lipinski definition) is 2. The van der Waals surface area contributed by atoms with E-state index in [1.165, 1.54) is 18.4 Å². The van der Waals surface area contributed by atoms with Crippen molar-refractivity contribution in [2.24, 2.45) is 0 Å². The standard InChI is InChI=1S/C15H19NO2/c1-3-5-6-13-7-9-14(10-8-13)18-12-15(17)16-11-4-2/h2,7-10H,3,5-6,11-12H2,1H3,(H,16,17). The molecule has 0 saturated carbocycles. The molecular formula is C15H19NO2. The smallest absolute Gasteiger partial charge is 0.258 e. The summed E-state index contributed by atoms with van der Waals surface area (Å²) in [7, 11) is 0. The molecule has 0 aliphatic heterocycles. The van der Waals surface area contributed by atoms with Crippen molar-refractivity contribution in [3.63, 3.8) is 0 Å². The molecule has 0 aliphatic carbocycles. The first-order valence-corrected chi connectivity index (χ1v) is 6.18. The van der Waals surface area contributed by atoms with Crippen LogP contribution in [-0.2, 0) is 11.2 Å². The van der Waals surface area contributed by atoms with Gasteiger partial charge in [-0.05, 0) is 30.5 Å². The largest absolute Gasteiger partial charge is 0.484 e. The normalized spacial score (nSPS) is 9.56. The van der Waals surface area contributed by atoms with Gasteiger partial charge in [-0.25, -0.2) is 0 Å². The third-order valence-electron chi connectivity index (χ3n) is 2.50. The molecule has 1 N–H and O–H groups in total. The van der Waals surface area contributed by atoms with Gasteiger partial charge in [-0.1, -0.05) is 31.4 Å². The molecule has 96 valence electrons. The van der Waals surface area contributed by atoms with Gasteiger partial charge in [0.15, 0.2) is 6.61 Å². The number of carbonyl (C=O) groups is 1. The van der Waals surface area contributed by atoms with Gasteiger partial charge in [-0.2, -0.15) is 0 Å². The van der Waals surface area contributed by atoms with Crippen LogP contribution in [0, 0.1) is 12.3 Å².